The van der Waals surface area contributed by atoms with Crippen LogP contribution >= 0.6 is 0 Å². The van der Waals surface area contributed by atoms with Crippen LogP contribution in [0.2, 0.25) is 0 Å². The minimum absolute atomic E-state index is 0.0781. The van der Waals surface area contributed by atoms with Crippen molar-refractivity contribution in [2.45, 2.75) is 38.1 Å². The maximum atomic E-state index is 12.0. The zero-order valence-corrected chi connectivity index (χ0v) is 10.3. The molecule has 0 aromatic carbocycles. The Kier molecular flexibility index (Phi) is 3.32. The third kappa shape index (κ3) is 2.34. The number of amides is 1. The number of carboxylic acid groups (broad SMARTS) is 1. The first-order chi connectivity index (χ1) is 8.56. The normalized spacial score (nSPS) is 16.7. The van der Waals surface area contributed by atoms with Crippen molar-refractivity contribution in [3.05, 3.63) is 29.6 Å². The first-order valence-corrected chi connectivity index (χ1v) is 6.08. The van der Waals surface area contributed by atoms with E-state index in [0.717, 1.165) is 25.7 Å². The molecular weight excluding hydrogens is 232 g/mol. The quantitative estimate of drug-likeness (QED) is 0.852. The molecule has 0 atom stereocenters. The maximum absolute atomic E-state index is 12.0. The Bertz CT molecular complexity index is 475. The van der Waals surface area contributed by atoms with Gasteiger partial charge in [-0.2, -0.15) is 0 Å². The Balaban J connectivity index is 2.13. The van der Waals surface area contributed by atoms with Crippen molar-refractivity contribution < 1.29 is 14.7 Å². The van der Waals surface area contributed by atoms with Gasteiger partial charge >= 0.3 is 5.97 Å². The lowest BCUT2D eigenvalue weighted by molar-refractivity contribution is 0.0696. The van der Waals surface area contributed by atoms with Crippen molar-refractivity contribution in [1.82, 2.24) is 10.3 Å². The van der Waals surface area contributed by atoms with Gasteiger partial charge in [-0.25, -0.2) is 4.79 Å². The van der Waals surface area contributed by atoms with Crippen molar-refractivity contribution in [3.63, 3.8) is 0 Å². The molecule has 18 heavy (non-hydrogen) atoms. The molecule has 0 aliphatic heterocycles. The number of carbonyl (C=O) groups is 2. The molecule has 0 bridgehead atoms. The lowest BCUT2D eigenvalue weighted by Crippen LogP contribution is -2.53. The van der Waals surface area contributed by atoms with E-state index in [-0.39, 0.29) is 22.7 Å². The zero-order valence-electron chi connectivity index (χ0n) is 10.3. The molecule has 0 radical (unpaired) electrons. The summed E-state index contributed by atoms with van der Waals surface area (Å²) < 4.78 is 0. The highest BCUT2D eigenvalue weighted by molar-refractivity contribution is 5.96. The van der Waals surface area contributed by atoms with Gasteiger partial charge in [-0.1, -0.05) is 6.92 Å². The number of nitrogens with zero attached hydrogens (tertiary/aromatic N) is 1. The first-order valence-electron chi connectivity index (χ1n) is 6.08. The van der Waals surface area contributed by atoms with Crippen molar-refractivity contribution in [1.29, 1.82) is 0 Å². The lowest BCUT2D eigenvalue weighted by Gasteiger charge is -2.41. The zero-order chi connectivity index (χ0) is 13.2. The van der Waals surface area contributed by atoms with Crippen LogP contribution in [0.5, 0.6) is 0 Å². The molecule has 1 aliphatic carbocycles. The Morgan fingerprint density at radius 3 is 2.72 bits per heavy atom. The third-order valence-corrected chi connectivity index (χ3v) is 3.61. The van der Waals surface area contributed by atoms with Crippen LogP contribution in [0.25, 0.3) is 0 Å². The fourth-order valence-electron chi connectivity index (χ4n) is 2.16. The molecule has 1 aromatic rings. The second kappa shape index (κ2) is 4.76. The number of rotatable bonds is 4. The van der Waals surface area contributed by atoms with Gasteiger partial charge in [-0.05, 0) is 37.8 Å². The van der Waals surface area contributed by atoms with Gasteiger partial charge in [0, 0.05) is 11.7 Å². The molecular formula is C13H16N2O3. The highest BCUT2D eigenvalue weighted by atomic mass is 16.4. The average Bonchev–Trinajstić information content (AvgIpc) is 2.33. The van der Waals surface area contributed by atoms with E-state index in [1.807, 2.05) is 6.92 Å². The number of pyridine rings is 1. The highest BCUT2D eigenvalue weighted by Crippen LogP contribution is 2.34. The van der Waals surface area contributed by atoms with Gasteiger partial charge < -0.3 is 10.4 Å². The molecule has 5 heteroatoms. The molecule has 0 saturated heterocycles. The highest BCUT2D eigenvalue weighted by Gasteiger charge is 2.36. The SMILES string of the molecule is CCC1(NC(=O)c2cc(C(=O)O)ccn2)CCC1. The van der Waals surface area contributed by atoms with Crippen LogP contribution in [0.4, 0.5) is 0 Å². The van der Waals surface area contributed by atoms with E-state index in [1.54, 1.807) is 0 Å². The molecule has 1 aliphatic rings. The average molecular weight is 248 g/mol. The first kappa shape index (κ1) is 12.5. The van der Waals surface area contributed by atoms with Gasteiger partial charge in [0.25, 0.3) is 5.91 Å². The summed E-state index contributed by atoms with van der Waals surface area (Å²) in [6, 6.07) is 2.68. The summed E-state index contributed by atoms with van der Waals surface area (Å²) >= 11 is 0. The van der Waals surface area contributed by atoms with Crippen molar-refractivity contribution >= 4 is 11.9 Å². The summed E-state index contributed by atoms with van der Waals surface area (Å²) in [6.07, 6.45) is 5.31. The Morgan fingerprint density at radius 1 is 1.50 bits per heavy atom. The van der Waals surface area contributed by atoms with E-state index < -0.39 is 5.97 Å². The van der Waals surface area contributed by atoms with Crippen LogP contribution in [-0.4, -0.2) is 27.5 Å². The summed E-state index contributed by atoms with van der Waals surface area (Å²) in [5, 5.41) is 11.8. The summed E-state index contributed by atoms with van der Waals surface area (Å²) in [7, 11) is 0. The molecule has 96 valence electrons. The van der Waals surface area contributed by atoms with Gasteiger partial charge in [0.1, 0.15) is 5.69 Å². The Morgan fingerprint density at radius 2 is 2.22 bits per heavy atom. The van der Waals surface area contributed by atoms with Crippen molar-refractivity contribution in [2.24, 2.45) is 0 Å². The van der Waals surface area contributed by atoms with Crippen LogP contribution in [0, 0.1) is 0 Å². The summed E-state index contributed by atoms with van der Waals surface area (Å²) in [4.78, 5) is 26.8. The van der Waals surface area contributed by atoms with Crippen LogP contribution in [0.1, 0.15) is 53.5 Å². The summed E-state index contributed by atoms with van der Waals surface area (Å²) in [5.41, 5.74) is 0.127. The lowest BCUT2D eigenvalue weighted by atomic mass is 9.75. The van der Waals surface area contributed by atoms with Crippen molar-refractivity contribution in [3.8, 4) is 0 Å². The smallest absolute Gasteiger partial charge is 0.335 e. The van der Waals surface area contributed by atoms with Gasteiger partial charge in [-0.3, -0.25) is 9.78 Å². The molecule has 0 unspecified atom stereocenters. The molecule has 1 heterocycles. The van der Waals surface area contributed by atoms with E-state index in [2.05, 4.69) is 10.3 Å². The number of nitrogens with one attached hydrogen (secondary N) is 1. The predicted octanol–water partition coefficient (Wildman–Crippen LogP) is 1.84. The number of hydrogen-bond acceptors (Lipinski definition) is 3. The van der Waals surface area contributed by atoms with E-state index in [1.165, 1.54) is 18.3 Å². The molecule has 2 rings (SSSR count). The summed E-state index contributed by atoms with van der Waals surface area (Å²) in [5.74, 6) is -1.35. The van der Waals surface area contributed by atoms with Gasteiger partial charge in [0.05, 0.1) is 5.56 Å². The van der Waals surface area contributed by atoms with Crippen LogP contribution in [-0.2, 0) is 0 Å². The van der Waals surface area contributed by atoms with Crippen LogP contribution < -0.4 is 5.32 Å². The Hall–Kier alpha value is -1.91. The second-order valence-electron chi connectivity index (χ2n) is 4.68. The molecule has 0 spiro atoms. The monoisotopic (exact) mass is 248 g/mol. The number of aromatic nitrogens is 1. The van der Waals surface area contributed by atoms with Gasteiger partial charge in [0.2, 0.25) is 0 Å². The van der Waals surface area contributed by atoms with E-state index in [4.69, 9.17) is 5.11 Å². The predicted molar refractivity (Wildman–Crippen MR) is 65.5 cm³/mol. The Labute approximate surface area is 105 Å². The fraction of sp³-hybridized carbons (Fsp3) is 0.462. The number of aromatic carboxylic acids is 1. The van der Waals surface area contributed by atoms with E-state index in [9.17, 15) is 9.59 Å². The molecule has 1 saturated carbocycles. The van der Waals surface area contributed by atoms with E-state index >= 15 is 0 Å². The maximum Gasteiger partial charge on any atom is 0.335 e. The van der Waals surface area contributed by atoms with Crippen LogP contribution in [0.3, 0.4) is 0 Å². The third-order valence-electron chi connectivity index (χ3n) is 3.61. The second-order valence-corrected chi connectivity index (χ2v) is 4.68. The molecule has 1 amide bonds. The molecule has 1 aromatic heterocycles. The number of carbonyl (C=O) groups excluding carboxylic acids is 1. The topological polar surface area (TPSA) is 79.3 Å². The van der Waals surface area contributed by atoms with Gasteiger partial charge in [0.15, 0.2) is 0 Å². The van der Waals surface area contributed by atoms with Crippen LogP contribution in [0.15, 0.2) is 18.3 Å². The molecule has 1 fully saturated rings. The number of carboxylic acids is 1. The summed E-state index contributed by atoms with van der Waals surface area (Å²) in [6.45, 7) is 2.04. The minimum Gasteiger partial charge on any atom is -0.478 e. The largest absolute Gasteiger partial charge is 0.478 e. The van der Waals surface area contributed by atoms with Crippen molar-refractivity contribution in [2.75, 3.05) is 0 Å². The standard InChI is InChI=1S/C13H16N2O3/c1-2-13(5-3-6-13)15-11(16)10-8-9(12(17)18)4-7-14-10/h4,7-8H,2-3,5-6H2,1H3,(H,15,16)(H,17,18). The fourth-order valence-corrected chi connectivity index (χ4v) is 2.16. The molecule has 2 N–H and O–H groups in total. The van der Waals surface area contributed by atoms with Gasteiger partial charge in [-0.15, -0.1) is 0 Å². The van der Waals surface area contributed by atoms with E-state index in [0.29, 0.717) is 0 Å². The number of hydrogen-bond donors (Lipinski definition) is 2. The molecule has 5 nitrogen and oxygen atoms in total. The minimum atomic E-state index is -1.06.